The molecule has 9 heteroatoms. The molecule has 0 spiro atoms. The number of hydrogen-bond acceptors (Lipinski definition) is 2. The SMILES string of the molecule is FC(F)(F)c1c(-c2ccccn2)[n-]c2ccccc12.Fc1c[c-]c(-c2ccccn2)c(F)c1.[Ir]. The van der Waals surface area contributed by atoms with Crippen molar-refractivity contribution in [2.24, 2.45) is 0 Å². The topological polar surface area (TPSA) is 39.9 Å². The molecule has 0 saturated heterocycles. The van der Waals surface area contributed by atoms with E-state index in [1.54, 1.807) is 54.7 Å². The third-order valence-corrected chi connectivity index (χ3v) is 4.61. The largest absolute Gasteiger partial charge is 0.655 e. The maximum absolute atomic E-state index is 13.2. The predicted octanol–water partition coefficient (Wildman–Crippen LogP) is 6.70. The third kappa shape index (κ3) is 5.55. The van der Waals surface area contributed by atoms with E-state index >= 15 is 0 Å². The Morgan fingerprint density at radius 1 is 0.794 bits per heavy atom. The van der Waals surface area contributed by atoms with Gasteiger partial charge in [-0.05, 0) is 29.3 Å². The maximum atomic E-state index is 13.2. The quantitative estimate of drug-likeness (QED) is 0.159. The van der Waals surface area contributed by atoms with E-state index in [0.717, 1.165) is 12.1 Å². The molecule has 0 saturated carbocycles. The molecule has 34 heavy (non-hydrogen) atoms. The maximum Gasteiger partial charge on any atom is 0.415 e. The van der Waals surface area contributed by atoms with Crippen LogP contribution in [0, 0.1) is 17.7 Å². The average molecular weight is 644 g/mol. The number of halogens is 5. The molecular formula is C25H14F5IrN3-2. The first-order valence-electron chi connectivity index (χ1n) is 9.67. The zero-order valence-electron chi connectivity index (χ0n) is 17.1. The van der Waals surface area contributed by atoms with Crippen molar-refractivity contribution in [1.82, 2.24) is 15.0 Å². The van der Waals surface area contributed by atoms with Gasteiger partial charge in [0.2, 0.25) is 0 Å². The van der Waals surface area contributed by atoms with Gasteiger partial charge < -0.3 is 9.97 Å². The summed E-state index contributed by atoms with van der Waals surface area (Å²) in [5.41, 5.74) is 0.356. The molecule has 0 bridgehead atoms. The van der Waals surface area contributed by atoms with Gasteiger partial charge in [-0.25, -0.2) is 0 Å². The van der Waals surface area contributed by atoms with Gasteiger partial charge in [0.1, 0.15) is 0 Å². The summed E-state index contributed by atoms with van der Waals surface area (Å²) in [6.07, 6.45) is -1.45. The van der Waals surface area contributed by atoms with Crippen molar-refractivity contribution in [2.75, 3.05) is 0 Å². The van der Waals surface area contributed by atoms with Crippen LogP contribution >= 0.6 is 0 Å². The Morgan fingerprint density at radius 3 is 2.00 bits per heavy atom. The van der Waals surface area contributed by atoms with Gasteiger partial charge in [-0.2, -0.15) is 13.2 Å². The van der Waals surface area contributed by atoms with Crippen molar-refractivity contribution < 1.29 is 42.1 Å². The van der Waals surface area contributed by atoms with Crippen LogP contribution in [0.25, 0.3) is 33.5 Å². The van der Waals surface area contributed by atoms with E-state index in [0.29, 0.717) is 11.2 Å². The Morgan fingerprint density at radius 2 is 1.41 bits per heavy atom. The molecule has 0 unspecified atom stereocenters. The fraction of sp³-hybridized carbons (Fsp3) is 0.0400. The molecule has 5 aromatic rings. The third-order valence-electron chi connectivity index (χ3n) is 4.61. The molecule has 0 aliphatic carbocycles. The van der Waals surface area contributed by atoms with Crippen molar-refractivity contribution >= 4 is 10.9 Å². The van der Waals surface area contributed by atoms with Gasteiger partial charge in [-0.3, -0.25) is 13.8 Å². The molecule has 0 N–H and O–H groups in total. The molecule has 0 aliphatic heterocycles. The van der Waals surface area contributed by atoms with Gasteiger partial charge >= 0.3 is 6.18 Å². The summed E-state index contributed by atoms with van der Waals surface area (Å²) in [6.45, 7) is 0. The molecule has 0 atom stereocenters. The summed E-state index contributed by atoms with van der Waals surface area (Å²) in [7, 11) is 0. The van der Waals surface area contributed by atoms with Crippen LogP contribution < -0.4 is 4.98 Å². The van der Waals surface area contributed by atoms with Crippen LogP contribution in [0.2, 0.25) is 0 Å². The van der Waals surface area contributed by atoms with E-state index in [1.165, 1.54) is 18.3 Å². The zero-order chi connectivity index (χ0) is 23.4. The van der Waals surface area contributed by atoms with Crippen LogP contribution in [0.3, 0.4) is 0 Å². The second-order valence-corrected chi connectivity index (χ2v) is 6.82. The molecule has 175 valence electrons. The molecule has 0 aliphatic rings. The van der Waals surface area contributed by atoms with Gasteiger partial charge in [0.15, 0.2) is 0 Å². The number of alkyl halides is 3. The Labute approximate surface area is 205 Å². The number of aromatic nitrogens is 3. The molecule has 3 aromatic heterocycles. The molecular weight excluding hydrogens is 630 g/mol. The van der Waals surface area contributed by atoms with Crippen LogP contribution in [-0.2, 0) is 26.3 Å². The zero-order valence-corrected chi connectivity index (χ0v) is 19.5. The van der Waals surface area contributed by atoms with Crippen molar-refractivity contribution in [1.29, 1.82) is 0 Å². The van der Waals surface area contributed by atoms with Crippen molar-refractivity contribution in [3.05, 3.63) is 108 Å². The summed E-state index contributed by atoms with van der Waals surface area (Å²) < 4.78 is 65.5. The minimum Gasteiger partial charge on any atom is -0.655 e. The number of rotatable bonds is 2. The van der Waals surface area contributed by atoms with Crippen LogP contribution in [-0.4, -0.2) is 9.97 Å². The second kappa shape index (κ2) is 10.7. The van der Waals surface area contributed by atoms with E-state index < -0.39 is 23.4 Å². The van der Waals surface area contributed by atoms with Crippen LogP contribution in [0.4, 0.5) is 22.0 Å². The Balaban J connectivity index is 0.000000193. The minimum atomic E-state index is -4.46. The monoisotopic (exact) mass is 644 g/mol. The van der Waals surface area contributed by atoms with Crippen molar-refractivity contribution in [3.63, 3.8) is 0 Å². The smallest absolute Gasteiger partial charge is 0.415 e. The first-order valence-corrected chi connectivity index (χ1v) is 9.67. The molecule has 0 amide bonds. The van der Waals surface area contributed by atoms with Crippen LogP contribution in [0.15, 0.2) is 85.2 Å². The van der Waals surface area contributed by atoms with E-state index in [4.69, 9.17) is 0 Å². The molecule has 3 nitrogen and oxygen atoms in total. The molecule has 0 fully saturated rings. The fourth-order valence-corrected chi connectivity index (χ4v) is 3.21. The average Bonchev–Trinajstić information content (AvgIpc) is 3.21. The summed E-state index contributed by atoms with van der Waals surface area (Å²) >= 11 is 0. The number of pyridine rings is 2. The predicted molar refractivity (Wildman–Crippen MR) is 114 cm³/mol. The van der Waals surface area contributed by atoms with Gasteiger partial charge in [-0.1, -0.05) is 59.8 Å². The van der Waals surface area contributed by atoms with Crippen LogP contribution in [0.5, 0.6) is 0 Å². The molecule has 3 heterocycles. The standard InChI is InChI=1S/C14H8F3N2.C11H6F2N.Ir/c15-14(16,17)12-9-5-1-2-6-10(9)19-13(12)11-7-3-4-8-18-11;12-8-4-5-9(10(13)7-8)11-3-1-2-6-14-11;/h1-8H;1-4,6-7H;/q2*-1;. The Bertz CT molecular complexity index is 1370. The minimum absolute atomic E-state index is 0. The Hall–Kier alpha value is -3.42. The van der Waals surface area contributed by atoms with Gasteiger partial charge in [0.05, 0.1) is 0 Å². The van der Waals surface area contributed by atoms with E-state index in [2.05, 4.69) is 21.0 Å². The van der Waals surface area contributed by atoms with Gasteiger partial charge in [0, 0.05) is 55.4 Å². The Kier molecular flexibility index (Phi) is 7.91. The number of benzene rings is 2. The summed E-state index contributed by atoms with van der Waals surface area (Å²) in [6, 6.07) is 20.6. The molecule has 2 aromatic carbocycles. The molecule has 5 rings (SSSR count). The van der Waals surface area contributed by atoms with E-state index in [1.807, 2.05) is 0 Å². The first-order chi connectivity index (χ1) is 15.8. The summed E-state index contributed by atoms with van der Waals surface area (Å²) in [5.74, 6) is -1.29. The van der Waals surface area contributed by atoms with Gasteiger partial charge in [-0.15, -0.1) is 17.6 Å². The summed E-state index contributed by atoms with van der Waals surface area (Å²) in [4.78, 5) is 12.0. The van der Waals surface area contributed by atoms with Crippen LogP contribution in [0.1, 0.15) is 5.56 Å². The number of nitrogens with zero attached hydrogens (tertiary/aromatic N) is 3. The number of para-hydroxylation sites is 1. The van der Waals surface area contributed by atoms with E-state index in [9.17, 15) is 22.0 Å². The van der Waals surface area contributed by atoms with E-state index in [-0.39, 0.29) is 42.4 Å². The first kappa shape index (κ1) is 25.2. The fourth-order valence-electron chi connectivity index (χ4n) is 3.21. The normalized spacial score (nSPS) is 10.9. The number of fused-ring (bicyclic) bond motifs is 1. The number of hydrogen-bond donors (Lipinski definition) is 0. The molecule has 1 radical (unpaired) electrons. The summed E-state index contributed by atoms with van der Waals surface area (Å²) in [5, 5.41) is 0.107. The van der Waals surface area contributed by atoms with Gasteiger partial charge in [0.25, 0.3) is 0 Å². The van der Waals surface area contributed by atoms with Crippen molar-refractivity contribution in [3.8, 4) is 22.6 Å². The van der Waals surface area contributed by atoms with Crippen molar-refractivity contribution in [2.45, 2.75) is 6.18 Å². The second-order valence-electron chi connectivity index (χ2n) is 6.82.